The third-order valence-electron chi connectivity index (χ3n) is 12.3. The molecule has 0 aliphatic heterocycles. The van der Waals surface area contributed by atoms with Crippen molar-refractivity contribution < 1.29 is 43.0 Å². The molecule has 0 heterocycles. The van der Waals surface area contributed by atoms with E-state index in [-0.39, 0.29) is 54.7 Å². The fourth-order valence-corrected chi connectivity index (χ4v) is 7.19. The predicted molar refractivity (Wildman–Crippen MR) is 265 cm³/mol. The maximum absolute atomic E-state index is 13.3. The molecular formula is C51H98N6O9. The SMILES string of the molecule is CCCCN(C)C(=O)CC(=O)N(CCCC)CCCOCC(CC)(COCCCN(CCCC)C(=O)CC(=O)N(C)CCCC)COCCCN(CCCC)C(=O)CC(=O)N(C)CCCC. The van der Waals surface area contributed by atoms with Gasteiger partial charge in [-0.3, -0.25) is 28.8 Å². The fourth-order valence-electron chi connectivity index (χ4n) is 7.19. The Hall–Kier alpha value is -3.30. The van der Waals surface area contributed by atoms with Crippen molar-refractivity contribution in [2.75, 3.05) is 120 Å². The summed E-state index contributed by atoms with van der Waals surface area (Å²) in [5.41, 5.74) is -0.479. The summed E-state index contributed by atoms with van der Waals surface area (Å²) in [5, 5.41) is 0. The minimum absolute atomic E-state index is 0.128. The molecule has 6 amide bonds. The van der Waals surface area contributed by atoms with Gasteiger partial charge in [-0.25, -0.2) is 0 Å². The predicted octanol–water partition coefficient (Wildman–Crippen LogP) is 7.43. The molecule has 15 heteroatoms. The van der Waals surface area contributed by atoms with Crippen LogP contribution < -0.4 is 0 Å². The van der Waals surface area contributed by atoms with Crippen LogP contribution in [0.2, 0.25) is 0 Å². The van der Waals surface area contributed by atoms with Crippen molar-refractivity contribution in [3.63, 3.8) is 0 Å². The third-order valence-corrected chi connectivity index (χ3v) is 12.3. The van der Waals surface area contributed by atoms with E-state index in [1.165, 1.54) is 0 Å². The first-order chi connectivity index (χ1) is 31.7. The summed E-state index contributed by atoms with van der Waals surface area (Å²) in [6.45, 7) is 22.2. The van der Waals surface area contributed by atoms with Crippen LogP contribution in [0.4, 0.5) is 0 Å². The zero-order valence-electron chi connectivity index (χ0n) is 43.9. The lowest BCUT2D eigenvalue weighted by Gasteiger charge is -2.33. The molecule has 0 saturated heterocycles. The molecule has 15 nitrogen and oxygen atoms in total. The van der Waals surface area contributed by atoms with Crippen molar-refractivity contribution in [2.45, 2.75) is 170 Å². The summed E-state index contributed by atoms with van der Waals surface area (Å²) in [5.74, 6) is -0.905. The number of ether oxygens (including phenoxy) is 3. The second-order valence-electron chi connectivity index (χ2n) is 18.3. The summed E-state index contributed by atoms with van der Waals surface area (Å²) >= 11 is 0. The average molecular weight is 939 g/mol. The Kier molecular flexibility index (Phi) is 37.7. The van der Waals surface area contributed by atoms with Crippen LogP contribution in [0.3, 0.4) is 0 Å². The molecule has 386 valence electrons. The average Bonchev–Trinajstić information content (AvgIpc) is 3.30. The number of carbonyl (C=O) groups is 6. The quantitative estimate of drug-likeness (QED) is 0.0450. The smallest absolute Gasteiger partial charge is 0.232 e. The fraction of sp³-hybridized carbons (Fsp3) is 0.882. The molecule has 0 rings (SSSR count). The standard InChI is InChI=1S/C51H98N6O9/c1-11-18-27-52(8)45(58)39-48(61)55(30-21-14-4)33-24-36-64-42-51(17-7,43-65-37-25-34-56(31-22-15-5)49(62)40-46(59)53(9)28-19-12-2)44-66-38-26-35-57(32-23-16-6)50(63)41-47(60)54(10)29-20-13-3/h11-44H2,1-10H3. The van der Waals surface area contributed by atoms with Crippen LogP contribution in [0.1, 0.15) is 170 Å². The van der Waals surface area contributed by atoms with E-state index in [9.17, 15) is 28.8 Å². The van der Waals surface area contributed by atoms with E-state index < -0.39 is 5.41 Å². The first-order valence-electron chi connectivity index (χ1n) is 26.0. The van der Waals surface area contributed by atoms with Gasteiger partial charge in [0, 0.05) is 105 Å². The van der Waals surface area contributed by atoms with Crippen LogP contribution in [-0.2, 0) is 43.0 Å². The summed E-state index contributed by atoms with van der Waals surface area (Å²) < 4.78 is 19.0. The monoisotopic (exact) mass is 939 g/mol. The highest BCUT2D eigenvalue weighted by Crippen LogP contribution is 2.25. The second-order valence-corrected chi connectivity index (χ2v) is 18.3. The molecule has 0 bridgehead atoms. The van der Waals surface area contributed by atoms with Crippen LogP contribution in [0.5, 0.6) is 0 Å². The molecule has 0 unspecified atom stereocenters. The highest BCUT2D eigenvalue weighted by molar-refractivity contribution is 5.98. The number of nitrogens with zero attached hydrogens (tertiary/aromatic N) is 6. The topological polar surface area (TPSA) is 150 Å². The van der Waals surface area contributed by atoms with Crippen molar-refractivity contribution >= 4 is 35.4 Å². The number of amides is 6. The molecule has 0 radical (unpaired) electrons. The molecule has 0 N–H and O–H groups in total. The Bertz CT molecular complexity index is 1170. The van der Waals surface area contributed by atoms with E-state index in [1.54, 1.807) is 50.5 Å². The zero-order valence-corrected chi connectivity index (χ0v) is 43.9. The summed E-state index contributed by atoms with van der Waals surface area (Å²) in [6.07, 6.45) is 13.2. The summed E-state index contributed by atoms with van der Waals surface area (Å²) in [7, 11) is 5.27. The molecule has 0 fully saturated rings. The minimum atomic E-state index is -0.479. The van der Waals surface area contributed by atoms with Gasteiger partial charge in [-0.1, -0.05) is 87.0 Å². The van der Waals surface area contributed by atoms with Gasteiger partial charge in [0.1, 0.15) is 19.3 Å². The van der Waals surface area contributed by atoms with Crippen LogP contribution in [0.25, 0.3) is 0 Å². The maximum atomic E-state index is 13.3. The van der Waals surface area contributed by atoms with E-state index in [0.717, 1.165) is 77.0 Å². The lowest BCUT2D eigenvalue weighted by molar-refractivity contribution is -0.141. The molecule has 0 atom stereocenters. The van der Waals surface area contributed by atoms with Gasteiger partial charge < -0.3 is 43.6 Å². The Morgan fingerprint density at radius 3 is 0.788 bits per heavy atom. The van der Waals surface area contributed by atoms with Crippen LogP contribution in [-0.4, -0.2) is 185 Å². The molecule has 0 aromatic rings. The van der Waals surface area contributed by atoms with E-state index in [0.29, 0.717) is 124 Å². The highest BCUT2D eigenvalue weighted by Gasteiger charge is 2.30. The van der Waals surface area contributed by atoms with Gasteiger partial charge >= 0.3 is 0 Å². The zero-order chi connectivity index (χ0) is 49.6. The van der Waals surface area contributed by atoms with Crippen LogP contribution in [0, 0.1) is 5.41 Å². The van der Waals surface area contributed by atoms with Crippen molar-refractivity contribution in [3.8, 4) is 0 Å². The summed E-state index contributed by atoms with van der Waals surface area (Å²) in [6, 6.07) is 0. The Morgan fingerprint density at radius 1 is 0.333 bits per heavy atom. The molecule has 0 aromatic heterocycles. The van der Waals surface area contributed by atoms with Crippen molar-refractivity contribution in [1.82, 2.24) is 29.4 Å². The molecule has 0 saturated carbocycles. The van der Waals surface area contributed by atoms with Gasteiger partial charge in [0.15, 0.2) is 0 Å². The number of rotatable bonds is 43. The Balaban J connectivity index is 5.75. The van der Waals surface area contributed by atoms with Crippen LogP contribution in [0.15, 0.2) is 0 Å². The number of unbranched alkanes of at least 4 members (excludes halogenated alkanes) is 6. The van der Waals surface area contributed by atoms with Gasteiger partial charge in [-0.15, -0.1) is 0 Å². The van der Waals surface area contributed by atoms with Gasteiger partial charge in [-0.2, -0.15) is 0 Å². The van der Waals surface area contributed by atoms with E-state index in [2.05, 4.69) is 48.5 Å². The van der Waals surface area contributed by atoms with E-state index in [4.69, 9.17) is 14.2 Å². The summed E-state index contributed by atoms with van der Waals surface area (Å²) in [4.78, 5) is 88.4. The Morgan fingerprint density at radius 2 is 0.561 bits per heavy atom. The first kappa shape index (κ1) is 62.7. The minimum Gasteiger partial charge on any atom is -0.381 e. The van der Waals surface area contributed by atoms with Crippen LogP contribution >= 0.6 is 0 Å². The van der Waals surface area contributed by atoms with Gasteiger partial charge in [0.2, 0.25) is 35.4 Å². The first-order valence-corrected chi connectivity index (χ1v) is 26.0. The third kappa shape index (κ3) is 28.8. The maximum Gasteiger partial charge on any atom is 0.232 e. The highest BCUT2D eigenvalue weighted by atomic mass is 16.5. The van der Waals surface area contributed by atoms with Gasteiger partial charge in [-0.05, 0) is 64.2 Å². The molecule has 0 spiro atoms. The van der Waals surface area contributed by atoms with Crippen molar-refractivity contribution in [2.24, 2.45) is 5.41 Å². The van der Waals surface area contributed by atoms with Gasteiger partial charge in [0.05, 0.1) is 19.8 Å². The lowest BCUT2D eigenvalue weighted by Crippen LogP contribution is -2.40. The Labute approximate surface area is 402 Å². The molecule has 0 aliphatic rings. The molecule has 66 heavy (non-hydrogen) atoms. The number of carbonyl (C=O) groups excluding carboxylic acids is 6. The molecule has 0 aromatic carbocycles. The molecule has 0 aliphatic carbocycles. The number of hydrogen-bond donors (Lipinski definition) is 0. The van der Waals surface area contributed by atoms with E-state index >= 15 is 0 Å². The molecular weight excluding hydrogens is 841 g/mol. The normalized spacial score (nSPS) is 11.4. The van der Waals surface area contributed by atoms with Crippen molar-refractivity contribution in [3.05, 3.63) is 0 Å². The largest absolute Gasteiger partial charge is 0.381 e. The van der Waals surface area contributed by atoms with Crippen molar-refractivity contribution in [1.29, 1.82) is 0 Å². The second kappa shape index (κ2) is 39.7. The lowest BCUT2D eigenvalue weighted by atomic mass is 9.88. The number of hydrogen-bond acceptors (Lipinski definition) is 9. The van der Waals surface area contributed by atoms with Gasteiger partial charge in [0.25, 0.3) is 0 Å². The van der Waals surface area contributed by atoms with E-state index in [1.807, 2.05) is 0 Å².